The van der Waals surface area contributed by atoms with Crippen molar-refractivity contribution < 1.29 is 48.1 Å². The maximum atomic E-state index is 13.9. The highest BCUT2D eigenvalue weighted by Gasteiger charge is 2.36. The van der Waals surface area contributed by atoms with E-state index in [9.17, 15) is 49.0 Å². The Morgan fingerprint density at radius 3 is 1.30 bits per heavy atom. The van der Waals surface area contributed by atoms with Gasteiger partial charge < -0.3 is 29.9 Å². The molecule has 2 aliphatic heterocycles. The minimum atomic E-state index is -0.909. The van der Waals surface area contributed by atoms with E-state index >= 15 is 0 Å². The van der Waals surface area contributed by atoms with Crippen LogP contribution in [0.3, 0.4) is 0 Å². The zero-order chi connectivity index (χ0) is 56.0. The predicted molar refractivity (Wildman–Crippen MR) is 295 cm³/mol. The number of benzene rings is 6. The molecule has 79 heavy (non-hydrogen) atoms. The number of rotatable bonds is 18. The van der Waals surface area contributed by atoms with Crippen LogP contribution < -0.4 is 10.6 Å². The summed E-state index contributed by atoms with van der Waals surface area (Å²) in [6.45, 7) is 3.66. The van der Waals surface area contributed by atoms with Crippen molar-refractivity contribution in [2.75, 3.05) is 39.3 Å². The number of hydrogen-bond acceptors (Lipinski definition) is 13. The lowest BCUT2D eigenvalue weighted by Crippen LogP contribution is -2.61. The molecule has 6 amide bonds. The number of hydrogen-bond donors (Lipinski definition) is 2. The van der Waals surface area contributed by atoms with Gasteiger partial charge >= 0.3 is 12.2 Å². The van der Waals surface area contributed by atoms with Gasteiger partial charge in [-0.15, -0.1) is 0 Å². The van der Waals surface area contributed by atoms with Gasteiger partial charge in [0.15, 0.2) is 0 Å². The van der Waals surface area contributed by atoms with Gasteiger partial charge in [0, 0.05) is 38.3 Å². The van der Waals surface area contributed by atoms with E-state index in [-0.39, 0.29) is 84.8 Å². The van der Waals surface area contributed by atoms with E-state index in [1.54, 1.807) is 98.8 Å². The minimum absolute atomic E-state index is 0.00510. The fourth-order valence-corrected chi connectivity index (χ4v) is 10.4. The summed E-state index contributed by atoms with van der Waals surface area (Å²) in [5, 5.41) is 32.0. The van der Waals surface area contributed by atoms with Crippen molar-refractivity contribution >= 4 is 72.1 Å². The maximum absolute atomic E-state index is 13.9. The summed E-state index contributed by atoms with van der Waals surface area (Å²) in [6.07, 6.45) is 3.11. The summed E-state index contributed by atoms with van der Waals surface area (Å²) in [5.41, 5.74) is 3.96. The van der Waals surface area contributed by atoms with Crippen LogP contribution in [0.2, 0.25) is 0 Å². The Balaban J connectivity index is 1.08. The molecule has 2 fully saturated rings. The van der Waals surface area contributed by atoms with Gasteiger partial charge in [-0.2, -0.15) is 0 Å². The van der Waals surface area contributed by atoms with Crippen LogP contribution in [0.15, 0.2) is 155 Å². The lowest BCUT2D eigenvalue weighted by atomic mass is 9.94. The molecule has 0 aromatic heterocycles. The first-order valence-electron chi connectivity index (χ1n) is 25.0. The number of nitro benzene ring substituents is 2. The first-order valence-corrected chi connectivity index (χ1v) is 25.8. The van der Waals surface area contributed by atoms with Crippen molar-refractivity contribution in [2.45, 2.75) is 49.2 Å². The number of nitrogens with one attached hydrogen (secondary N) is 2. The second-order valence-corrected chi connectivity index (χ2v) is 19.4. The monoisotopic (exact) mass is 1090 g/mol. The second kappa shape index (κ2) is 25.9. The van der Waals surface area contributed by atoms with Gasteiger partial charge in [0.25, 0.3) is 11.4 Å². The zero-order valence-electron chi connectivity index (χ0n) is 43.0. The average Bonchev–Trinajstić information content (AvgIpc) is 3.63. The molecule has 2 N–H and O–H groups in total. The first kappa shape index (κ1) is 55.6. The molecule has 2 aliphatic rings. The Morgan fingerprint density at radius 2 is 0.937 bits per heavy atom. The third-order valence-electron chi connectivity index (χ3n) is 13.4. The molecule has 0 aliphatic carbocycles. The number of carbonyl (C=O) groups is 6. The number of carbonyl (C=O) groups excluding carboxylic acids is 6. The van der Waals surface area contributed by atoms with E-state index in [1.165, 1.54) is 56.0 Å². The Morgan fingerprint density at radius 1 is 0.557 bits per heavy atom. The highest BCUT2D eigenvalue weighted by atomic mass is 32.2. The van der Waals surface area contributed by atoms with Crippen LogP contribution in [0.4, 0.5) is 21.0 Å². The Labute approximate surface area is 458 Å². The highest BCUT2D eigenvalue weighted by Crippen LogP contribution is 2.49. The van der Waals surface area contributed by atoms with E-state index in [4.69, 9.17) is 9.47 Å². The molecular weight excluding hydrogens is 1030 g/mol. The average molecular weight is 1090 g/mol. The molecule has 8 rings (SSSR count). The van der Waals surface area contributed by atoms with Gasteiger partial charge in [-0.25, -0.2) is 9.59 Å². The molecule has 0 saturated carbocycles. The first-order chi connectivity index (χ1) is 38.3. The van der Waals surface area contributed by atoms with E-state index in [0.29, 0.717) is 46.2 Å². The molecule has 2 atom stereocenters. The van der Waals surface area contributed by atoms with Crippen molar-refractivity contribution in [3.8, 4) is 22.3 Å². The van der Waals surface area contributed by atoms with Crippen molar-refractivity contribution in [3.05, 3.63) is 199 Å². The SMILES string of the molecule is Cc1ccccc1-c1c(/C=C/C(=O)N2CCN(C(=O)OCc3ccccc3)C(NC=O)C2)ccc(Sc2ccc(/C=C/C(=O)N3CCN(C(=O)OCc4ccccc4)C(NC=O)C3)c(-c3ccccc3C)c2[N+](=O)[O-])c1[N+](=O)[O-]. The van der Waals surface area contributed by atoms with Crippen LogP contribution in [0.25, 0.3) is 34.4 Å². The Hall–Kier alpha value is -9.63. The second-order valence-electron chi connectivity index (χ2n) is 18.3. The lowest BCUT2D eigenvalue weighted by Gasteiger charge is -2.39. The summed E-state index contributed by atoms with van der Waals surface area (Å²) < 4.78 is 11.0. The summed E-state index contributed by atoms with van der Waals surface area (Å²) in [6, 6.07) is 38.2. The Bertz CT molecular complexity index is 3120. The number of nitro groups is 2. The van der Waals surface area contributed by atoms with Crippen LogP contribution in [-0.2, 0) is 41.9 Å². The largest absolute Gasteiger partial charge is 0.444 e. The van der Waals surface area contributed by atoms with Gasteiger partial charge in [-0.3, -0.25) is 49.2 Å². The molecule has 2 heterocycles. The normalized spacial score (nSPS) is 15.4. The quantitative estimate of drug-likeness (QED) is 0.0354. The van der Waals surface area contributed by atoms with E-state index in [2.05, 4.69) is 10.6 Å². The smallest absolute Gasteiger partial charge is 0.411 e. The number of ether oxygens (including phenoxy) is 2. The van der Waals surface area contributed by atoms with Gasteiger partial charge in [0.1, 0.15) is 25.5 Å². The third-order valence-corrected chi connectivity index (χ3v) is 14.5. The highest BCUT2D eigenvalue weighted by molar-refractivity contribution is 7.99. The van der Waals surface area contributed by atoms with Crippen molar-refractivity contribution in [1.82, 2.24) is 30.2 Å². The molecule has 2 saturated heterocycles. The Kier molecular flexibility index (Phi) is 18.3. The van der Waals surface area contributed by atoms with Crippen LogP contribution in [0, 0.1) is 34.1 Å². The van der Waals surface area contributed by atoms with Crippen molar-refractivity contribution in [2.24, 2.45) is 0 Å². The van der Waals surface area contributed by atoms with Gasteiger partial charge in [0.2, 0.25) is 24.6 Å². The molecule has 0 radical (unpaired) electrons. The molecule has 6 aromatic rings. The number of nitrogens with zero attached hydrogens (tertiary/aromatic N) is 6. The van der Waals surface area contributed by atoms with Crippen molar-refractivity contribution in [1.29, 1.82) is 0 Å². The van der Waals surface area contributed by atoms with Crippen molar-refractivity contribution in [3.63, 3.8) is 0 Å². The van der Waals surface area contributed by atoms with E-state index in [1.807, 2.05) is 36.4 Å². The fraction of sp³-hybridized carbons (Fsp3) is 0.207. The van der Waals surface area contributed by atoms with Crippen LogP contribution in [0.1, 0.15) is 33.4 Å². The lowest BCUT2D eigenvalue weighted by molar-refractivity contribution is -0.387. The molecule has 0 bridgehead atoms. The van der Waals surface area contributed by atoms with E-state index < -0.39 is 46.2 Å². The predicted octanol–water partition coefficient (Wildman–Crippen LogP) is 8.74. The molecule has 6 aromatic carbocycles. The van der Waals surface area contributed by atoms with Gasteiger partial charge in [-0.05, 0) is 82.6 Å². The molecule has 404 valence electrons. The standard InChI is InChI=1S/C58H54N8O12S/c1-39-13-9-11-19-45(39)53-43(23-27-51(69)61-29-31-63(49(33-61)59-37-67)57(71)77-35-41-15-5-3-6-16-41)21-25-47(55(53)65(73)74)79-48-26-22-44(54(56(48)66(75)76)46-20-12-10-14-40(46)2)24-28-52(70)62-30-32-64(50(34-62)60-38-68)58(72)78-36-42-17-7-4-8-18-42/h3-28,37-38,49-50H,29-36H2,1-2H3,(H,59,67)(H,60,68)/b27-23+,28-24+. The summed E-state index contributed by atoms with van der Waals surface area (Å²) in [4.78, 5) is 109. The van der Waals surface area contributed by atoms with Crippen LogP contribution in [0.5, 0.6) is 0 Å². The summed E-state index contributed by atoms with van der Waals surface area (Å²) in [5.74, 6) is -0.999. The third kappa shape index (κ3) is 13.3. The molecule has 0 spiro atoms. The number of piperazine rings is 2. The fourth-order valence-electron chi connectivity index (χ4n) is 9.35. The number of amides is 6. The van der Waals surface area contributed by atoms with Gasteiger partial charge in [-0.1, -0.05) is 133 Å². The summed E-state index contributed by atoms with van der Waals surface area (Å²) in [7, 11) is 0. The van der Waals surface area contributed by atoms with Crippen LogP contribution >= 0.6 is 11.8 Å². The molecular formula is C58H54N8O12S. The summed E-state index contributed by atoms with van der Waals surface area (Å²) >= 11 is 0.820. The molecule has 2 unspecified atom stereocenters. The minimum Gasteiger partial charge on any atom is -0.444 e. The zero-order valence-corrected chi connectivity index (χ0v) is 43.8. The number of aryl methyl sites for hydroxylation is 2. The maximum Gasteiger partial charge on any atom is 0.411 e. The van der Waals surface area contributed by atoms with Crippen LogP contribution in [-0.4, -0.2) is 118 Å². The van der Waals surface area contributed by atoms with Gasteiger partial charge in [0.05, 0.1) is 43.9 Å². The molecule has 21 heteroatoms. The topological polar surface area (TPSA) is 244 Å². The van der Waals surface area contributed by atoms with E-state index in [0.717, 1.165) is 22.9 Å². The molecule has 20 nitrogen and oxygen atoms in total.